The molecular weight excluding hydrogens is 310 g/mol. The van der Waals surface area contributed by atoms with Gasteiger partial charge >= 0.3 is 0 Å². The number of carbonyl (C=O) groups excluding carboxylic acids is 1. The lowest BCUT2D eigenvalue weighted by molar-refractivity contribution is 0.0997. The molecular formula is C13H12BrN3O2. The molecule has 2 aromatic rings. The third-order valence-corrected chi connectivity index (χ3v) is 2.97. The van der Waals surface area contributed by atoms with Crippen LogP contribution in [0.15, 0.2) is 34.9 Å². The number of hydrogen-bond acceptors (Lipinski definition) is 4. The van der Waals surface area contributed by atoms with Crippen molar-refractivity contribution >= 4 is 27.5 Å². The molecule has 1 aromatic heterocycles. The number of nitrogens with zero attached hydrogens (tertiary/aromatic N) is 1. The Morgan fingerprint density at radius 2 is 2.11 bits per heavy atom. The number of nitrogens with two attached hydrogens (primary N) is 2. The van der Waals surface area contributed by atoms with Crippen LogP contribution >= 0.6 is 15.9 Å². The summed E-state index contributed by atoms with van der Waals surface area (Å²) in [4.78, 5) is 15.3. The second-order valence-electron chi connectivity index (χ2n) is 4.00. The van der Waals surface area contributed by atoms with Gasteiger partial charge in [-0.2, -0.15) is 0 Å². The molecule has 0 unspecified atom stereocenters. The average molecular weight is 322 g/mol. The molecule has 0 radical (unpaired) electrons. The zero-order valence-corrected chi connectivity index (χ0v) is 11.8. The standard InChI is InChI=1S/C13H12BrN3O2/c1-7-4-8(14)2-3-11(7)19-13-10(12(16)18)5-9(15)6-17-13/h2-6H,15H2,1H3,(H2,16,18). The summed E-state index contributed by atoms with van der Waals surface area (Å²) >= 11 is 3.37. The SMILES string of the molecule is Cc1cc(Br)ccc1Oc1ncc(N)cc1C(N)=O. The first kappa shape index (κ1) is 13.4. The zero-order chi connectivity index (χ0) is 14.0. The van der Waals surface area contributed by atoms with Crippen LogP contribution in [0.25, 0.3) is 0 Å². The molecule has 0 saturated carbocycles. The smallest absolute Gasteiger partial charge is 0.254 e. The number of pyridine rings is 1. The van der Waals surface area contributed by atoms with E-state index in [2.05, 4.69) is 20.9 Å². The molecule has 98 valence electrons. The van der Waals surface area contributed by atoms with Crippen LogP contribution in [0.3, 0.4) is 0 Å². The molecule has 0 bridgehead atoms. The summed E-state index contributed by atoms with van der Waals surface area (Å²) in [6.07, 6.45) is 1.41. The topological polar surface area (TPSA) is 91.2 Å². The minimum absolute atomic E-state index is 0.145. The Hall–Kier alpha value is -2.08. The first-order chi connectivity index (χ1) is 8.97. The van der Waals surface area contributed by atoms with E-state index >= 15 is 0 Å². The fraction of sp³-hybridized carbons (Fsp3) is 0.0769. The number of halogens is 1. The minimum Gasteiger partial charge on any atom is -0.438 e. The number of carbonyl (C=O) groups is 1. The highest BCUT2D eigenvalue weighted by atomic mass is 79.9. The van der Waals surface area contributed by atoms with Crippen molar-refractivity contribution in [2.75, 3.05) is 5.73 Å². The van der Waals surface area contributed by atoms with Crippen molar-refractivity contribution in [1.29, 1.82) is 0 Å². The normalized spacial score (nSPS) is 10.2. The van der Waals surface area contributed by atoms with Gasteiger partial charge in [-0.05, 0) is 36.8 Å². The molecule has 0 saturated heterocycles. The maximum absolute atomic E-state index is 11.3. The van der Waals surface area contributed by atoms with Gasteiger partial charge in [-0.3, -0.25) is 4.79 Å². The predicted molar refractivity (Wildman–Crippen MR) is 76.1 cm³/mol. The molecule has 0 aliphatic rings. The summed E-state index contributed by atoms with van der Waals surface area (Å²) in [5, 5.41) is 0. The Bertz CT molecular complexity index is 644. The lowest BCUT2D eigenvalue weighted by atomic mass is 10.2. The molecule has 4 N–H and O–H groups in total. The highest BCUT2D eigenvalue weighted by Crippen LogP contribution is 2.28. The number of hydrogen-bond donors (Lipinski definition) is 2. The number of benzene rings is 1. The average Bonchev–Trinajstić information content (AvgIpc) is 2.34. The van der Waals surface area contributed by atoms with Gasteiger partial charge in [-0.1, -0.05) is 15.9 Å². The number of aromatic nitrogens is 1. The molecule has 1 aromatic carbocycles. The van der Waals surface area contributed by atoms with Crippen molar-refractivity contribution in [3.63, 3.8) is 0 Å². The van der Waals surface area contributed by atoms with Crippen LogP contribution in [-0.2, 0) is 0 Å². The maximum atomic E-state index is 11.3. The lowest BCUT2D eigenvalue weighted by Crippen LogP contribution is -2.13. The number of rotatable bonds is 3. The number of primary amides is 1. The first-order valence-corrected chi connectivity index (χ1v) is 6.26. The number of ether oxygens (including phenoxy) is 1. The van der Waals surface area contributed by atoms with Crippen molar-refractivity contribution in [2.24, 2.45) is 5.73 Å². The maximum Gasteiger partial charge on any atom is 0.254 e. The predicted octanol–water partition coefficient (Wildman–Crippen LogP) is 2.63. The van der Waals surface area contributed by atoms with E-state index in [9.17, 15) is 4.79 Å². The number of aryl methyl sites for hydroxylation is 1. The van der Waals surface area contributed by atoms with E-state index < -0.39 is 5.91 Å². The fourth-order valence-corrected chi connectivity index (χ4v) is 2.03. The highest BCUT2D eigenvalue weighted by Gasteiger charge is 2.13. The summed E-state index contributed by atoms with van der Waals surface area (Å²) in [5.41, 5.74) is 12.3. The van der Waals surface area contributed by atoms with Gasteiger partial charge < -0.3 is 16.2 Å². The van der Waals surface area contributed by atoms with Crippen LogP contribution in [0.4, 0.5) is 5.69 Å². The Labute approximate surface area is 118 Å². The van der Waals surface area contributed by atoms with E-state index in [1.54, 1.807) is 6.07 Å². The third-order valence-electron chi connectivity index (χ3n) is 2.48. The van der Waals surface area contributed by atoms with Gasteiger partial charge in [0.05, 0.1) is 11.9 Å². The molecule has 2 rings (SSSR count). The largest absolute Gasteiger partial charge is 0.438 e. The van der Waals surface area contributed by atoms with Gasteiger partial charge in [0, 0.05) is 4.47 Å². The molecule has 0 atom stereocenters. The Morgan fingerprint density at radius 3 is 2.74 bits per heavy atom. The van der Waals surface area contributed by atoms with E-state index in [0.29, 0.717) is 11.4 Å². The van der Waals surface area contributed by atoms with Gasteiger partial charge in [0.15, 0.2) is 0 Å². The van der Waals surface area contributed by atoms with Crippen LogP contribution in [0.5, 0.6) is 11.6 Å². The lowest BCUT2D eigenvalue weighted by Gasteiger charge is -2.10. The second-order valence-corrected chi connectivity index (χ2v) is 4.91. The summed E-state index contributed by atoms with van der Waals surface area (Å²) in [7, 11) is 0. The van der Waals surface area contributed by atoms with Crippen LogP contribution in [0.2, 0.25) is 0 Å². The van der Waals surface area contributed by atoms with Crippen LogP contribution in [0, 0.1) is 6.92 Å². The van der Waals surface area contributed by atoms with Crippen molar-refractivity contribution in [3.8, 4) is 11.6 Å². The van der Waals surface area contributed by atoms with Crippen molar-refractivity contribution < 1.29 is 9.53 Å². The van der Waals surface area contributed by atoms with Crippen molar-refractivity contribution in [3.05, 3.63) is 46.1 Å². The van der Waals surface area contributed by atoms with Crippen LogP contribution in [-0.4, -0.2) is 10.9 Å². The van der Waals surface area contributed by atoms with Gasteiger partial charge in [0.25, 0.3) is 5.91 Å². The van der Waals surface area contributed by atoms with E-state index in [-0.39, 0.29) is 11.4 Å². The molecule has 5 nitrogen and oxygen atoms in total. The number of nitrogen functional groups attached to an aromatic ring is 1. The summed E-state index contributed by atoms with van der Waals surface area (Å²) in [6.45, 7) is 1.89. The molecule has 0 fully saturated rings. The molecule has 0 aliphatic carbocycles. The first-order valence-electron chi connectivity index (χ1n) is 5.46. The van der Waals surface area contributed by atoms with Crippen LogP contribution < -0.4 is 16.2 Å². The van der Waals surface area contributed by atoms with E-state index in [0.717, 1.165) is 10.0 Å². The van der Waals surface area contributed by atoms with E-state index in [4.69, 9.17) is 16.2 Å². The molecule has 0 spiro atoms. The molecule has 1 amide bonds. The van der Waals surface area contributed by atoms with Crippen molar-refractivity contribution in [2.45, 2.75) is 6.92 Å². The fourth-order valence-electron chi connectivity index (χ4n) is 1.56. The summed E-state index contributed by atoms with van der Waals surface area (Å²) < 4.78 is 6.57. The van der Waals surface area contributed by atoms with Gasteiger partial charge in [0.1, 0.15) is 11.3 Å². The monoisotopic (exact) mass is 321 g/mol. The molecule has 6 heteroatoms. The second kappa shape index (κ2) is 5.27. The van der Waals surface area contributed by atoms with Crippen molar-refractivity contribution in [1.82, 2.24) is 4.98 Å². The third kappa shape index (κ3) is 3.03. The van der Waals surface area contributed by atoms with Gasteiger partial charge in [-0.15, -0.1) is 0 Å². The quantitative estimate of drug-likeness (QED) is 0.909. The zero-order valence-electron chi connectivity index (χ0n) is 10.2. The van der Waals surface area contributed by atoms with E-state index in [1.807, 2.05) is 19.1 Å². The van der Waals surface area contributed by atoms with Gasteiger partial charge in [-0.25, -0.2) is 4.98 Å². The molecule has 1 heterocycles. The van der Waals surface area contributed by atoms with E-state index in [1.165, 1.54) is 12.3 Å². The number of anilines is 1. The summed E-state index contributed by atoms with van der Waals surface area (Å²) in [6, 6.07) is 6.96. The van der Waals surface area contributed by atoms with Gasteiger partial charge in [0.2, 0.25) is 5.88 Å². The van der Waals surface area contributed by atoms with Crippen LogP contribution in [0.1, 0.15) is 15.9 Å². The summed E-state index contributed by atoms with van der Waals surface area (Å²) in [5.74, 6) is 0.111. The Kier molecular flexibility index (Phi) is 3.71. The Balaban J connectivity index is 2.40. The minimum atomic E-state index is -0.635. The highest BCUT2D eigenvalue weighted by molar-refractivity contribution is 9.10. The number of amides is 1. The molecule has 0 aliphatic heterocycles. The molecule has 19 heavy (non-hydrogen) atoms. The Morgan fingerprint density at radius 1 is 1.37 bits per heavy atom.